The molecule has 65 heavy (non-hydrogen) atoms. The topological polar surface area (TPSA) is 21.3 Å². The molecule has 3 nitrogen and oxygen atoms in total. The fourth-order valence-electron chi connectivity index (χ4n) is 10.2. The van der Waals surface area contributed by atoms with Gasteiger partial charge in [-0.15, -0.1) is 0 Å². The Morgan fingerprint density at radius 3 is 1.38 bits per heavy atom. The van der Waals surface area contributed by atoms with Crippen LogP contribution in [0.3, 0.4) is 0 Å². The summed E-state index contributed by atoms with van der Waals surface area (Å²) in [7, 11) is 0. The molecule has 11 aromatic carbocycles. The molecule has 0 atom stereocenters. The van der Waals surface area contributed by atoms with Crippen molar-refractivity contribution in [2.45, 2.75) is 0 Å². The molecule has 0 radical (unpaired) electrons. The van der Waals surface area contributed by atoms with Crippen LogP contribution < -0.4 is 4.90 Å². The van der Waals surface area contributed by atoms with Crippen molar-refractivity contribution >= 4 is 82.4 Å². The largest absolute Gasteiger partial charge is 0.455 e. The van der Waals surface area contributed by atoms with Gasteiger partial charge in [-0.1, -0.05) is 182 Å². The summed E-state index contributed by atoms with van der Waals surface area (Å²) in [6, 6.07) is 87.6. The van der Waals surface area contributed by atoms with Gasteiger partial charge in [0.15, 0.2) is 0 Å². The molecule has 0 aliphatic carbocycles. The second-order valence-electron chi connectivity index (χ2n) is 16.8. The summed E-state index contributed by atoms with van der Waals surface area (Å²) in [6.07, 6.45) is 0. The van der Waals surface area contributed by atoms with Crippen molar-refractivity contribution in [3.63, 3.8) is 0 Å². The van der Waals surface area contributed by atoms with Crippen molar-refractivity contribution in [2.75, 3.05) is 4.90 Å². The van der Waals surface area contributed by atoms with Crippen LogP contribution in [-0.2, 0) is 0 Å². The van der Waals surface area contributed by atoms with E-state index >= 15 is 0 Å². The fourth-order valence-corrected chi connectivity index (χ4v) is 10.2. The van der Waals surface area contributed by atoms with Gasteiger partial charge in [0.25, 0.3) is 0 Å². The maximum absolute atomic E-state index is 7.05. The highest BCUT2D eigenvalue weighted by Crippen LogP contribution is 2.48. The number of anilines is 3. The molecule has 13 rings (SSSR count). The van der Waals surface area contributed by atoms with Crippen LogP contribution in [-0.4, -0.2) is 4.57 Å². The van der Waals surface area contributed by atoms with Gasteiger partial charge >= 0.3 is 0 Å². The first-order valence-electron chi connectivity index (χ1n) is 22.3. The smallest absolute Gasteiger partial charge is 0.145 e. The van der Waals surface area contributed by atoms with E-state index in [0.717, 1.165) is 55.8 Å². The first-order chi connectivity index (χ1) is 32.3. The van der Waals surface area contributed by atoms with Gasteiger partial charge in [-0.3, -0.25) is 0 Å². The Balaban J connectivity index is 1.03. The average Bonchev–Trinajstić information content (AvgIpc) is 3.93. The van der Waals surface area contributed by atoms with Crippen molar-refractivity contribution in [1.29, 1.82) is 0 Å². The van der Waals surface area contributed by atoms with Crippen LogP contribution in [0.15, 0.2) is 247 Å². The SMILES string of the molecule is c1ccc(-n2c3ccccc3c3ccccc32)c(-c2ccc(N(c3ccc(-c4cccc5ccccc45)cc3)c3ccc(-c4cccc5ccccc45)cc3)c3c2oc2ccccc23)c1. The standard InChI is InChI=1S/C62H40N2O/c1-3-19-47-41(15-1)17-13-25-49(47)43-31-35-45(36-32-43)63(46-37-33-44(34-38-46)50-26-14-18-42-16-2-4-20-48(42)50)59-40-39-54(62-61(59)55-24-8-12-30-60(55)65-62)53-23-7-11-29-58(53)64-56-27-9-5-21-51(56)52-22-6-10-28-57(52)64/h1-40H. The van der Waals surface area contributed by atoms with Gasteiger partial charge < -0.3 is 13.9 Å². The van der Waals surface area contributed by atoms with E-state index < -0.39 is 0 Å². The van der Waals surface area contributed by atoms with Crippen LogP contribution in [0.2, 0.25) is 0 Å². The number of hydrogen-bond donors (Lipinski definition) is 0. The number of benzene rings is 11. The molecule has 0 bridgehead atoms. The third kappa shape index (κ3) is 5.97. The third-order valence-electron chi connectivity index (χ3n) is 13.2. The minimum atomic E-state index is 0.849. The molecule has 0 amide bonds. The molecule has 304 valence electrons. The number of aromatic nitrogens is 1. The Bertz CT molecular complexity index is 3760. The lowest BCUT2D eigenvalue weighted by Crippen LogP contribution is -2.10. The van der Waals surface area contributed by atoms with Crippen molar-refractivity contribution in [2.24, 2.45) is 0 Å². The Morgan fingerprint density at radius 2 is 0.785 bits per heavy atom. The lowest BCUT2D eigenvalue weighted by molar-refractivity contribution is 0.670. The molecule has 0 fully saturated rings. The molecular weight excluding hydrogens is 789 g/mol. The first kappa shape index (κ1) is 36.9. The Morgan fingerprint density at radius 1 is 0.323 bits per heavy atom. The van der Waals surface area contributed by atoms with Crippen LogP contribution in [0.5, 0.6) is 0 Å². The number of para-hydroxylation sites is 4. The summed E-state index contributed by atoms with van der Waals surface area (Å²) >= 11 is 0. The van der Waals surface area contributed by atoms with Gasteiger partial charge in [-0.2, -0.15) is 0 Å². The van der Waals surface area contributed by atoms with Gasteiger partial charge in [0.1, 0.15) is 11.2 Å². The van der Waals surface area contributed by atoms with E-state index in [2.05, 4.69) is 252 Å². The van der Waals surface area contributed by atoms with Crippen LogP contribution >= 0.6 is 0 Å². The maximum Gasteiger partial charge on any atom is 0.145 e. The molecular formula is C62H40N2O. The Labute approximate surface area is 376 Å². The quantitative estimate of drug-likeness (QED) is 0.160. The lowest BCUT2D eigenvalue weighted by atomic mass is 9.96. The minimum Gasteiger partial charge on any atom is -0.455 e. The number of rotatable bonds is 7. The molecule has 0 unspecified atom stereocenters. The van der Waals surface area contributed by atoms with Crippen LogP contribution in [0.25, 0.3) is 104 Å². The van der Waals surface area contributed by atoms with Gasteiger partial charge in [-0.05, 0) is 104 Å². The minimum absolute atomic E-state index is 0.849. The molecule has 0 spiro atoms. The predicted octanol–water partition coefficient (Wildman–Crippen LogP) is 17.5. The number of fused-ring (bicyclic) bond motifs is 8. The summed E-state index contributed by atoms with van der Waals surface area (Å²) in [5, 5.41) is 9.54. The molecule has 0 aliphatic rings. The zero-order valence-corrected chi connectivity index (χ0v) is 35.4. The normalized spacial score (nSPS) is 11.7. The molecule has 2 heterocycles. The highest BCUT2D eigenvalue weighted by atomic mass is 16.3. The Hall–Kier alpha value is -8.66. The number of furan rings is 1. The van der Waals surface area contributed by atoms with E-state index in [1.54, 1.807) is 0 Å². The zero-order chi connectivity index (χ0) is 42.8. The Kier molecular flexibility index (Phi) is 8.53. The summed E-state index contributed by atoms with van der Waals surface area (Å²) in [6.45, 7) is 0. The maximum atomic E-state index is 7.05. The van der Waals surface area contributed by atoms with Crippen molar-refractivity contribution in [3.05, 3.63) is 243 Å². The zero-order valence-electron chi connectivity index (χ0n) is 35.4. The summed E-state index contributed by atoms with van der Waals surface area (Å²) in [5.74, 6) is 0. The molecule has 13 aromatic rings. The molecule has 2 aromatic heterocycles. The van der Waals surface area contributed by atoms with E-state index in [-0.39, 0.29) is 0 Å². The molecule has 0 saturated carbocycles. The number of nitrogens with zero attached hydrogens (tertiary/aromatic N) is 2. The summed E-state index contributed by atoms with van der Waals surface area (Å²) in [5.41, 5.74) is 15.2. The molecule has 0 N–H and O–H groups in total. The predicted molar refractivity (Wildman–Crippen MR) is 274 cm³/mol. The van der Waals surface area contributed by atoms with E-state index in [0.29, 0.717) is 0 Å². The van der Waals surface area contributed by atoms with Crippen molar-refractivity contribution in [3.8, 4) is 39.1 Å². The average molecular weight is 829 g/mol. The van der Waals surface area contributed by atoms with E-state index in [4.69, 9.17) is 4.42 Å². The first-order valence-corrected chi connectivity index (χ1v) is 22.3. The van der Waals surface area contributed by atoms with Crippen LogP contribution in [0, 0.1) is 0 Å². The van der Waals surface area contributed by atoms with Gasteiger partial charge in [-0.25, -0.2) is 0 Å². The van der Waals surface area contributed by atoms with E-state index in [1.807, 2.05) is 0 Å². The fraction of sp³-hybridized carbons (Fsp3) is 0. The molecule has 0 saturated heterocycles. The third-order valence-corrected chi connectivity index (χ3v) is 13.2. The second-order valence-corrected chi connectivity index (χ2v) is 16.8. The molecule has 0 aliphatic heterocycles. The lowest BCUT2D eigenvalue weighted by Gasteiger charge is -2.27. The molecule has 3 heteroatoms. The number of hydrogen-bond acceptors (Lipinski definition) is 2. The second kappa shape index (κ2) is 15.0. The van der Waals surface area contributed by atoms with E-state index in [9.17, 15) is 0 Å². The van der Waals surface area contributed by atoms with E-state index in [1.165, 1.54) is 65.6 Å². The monoisotopic (exact) mass is 828 g/mol. The van der Waals surface area contributed by atoms with Gasteiger partial charge in [0.05, 0.1) is 27.8 Å². The summed E-state index contributed by atoms with van der Waals surface area (Å²) < 4.78 is 9.45. The van der Waals surface area contributed by atoms with Gasteiger partial charge in [0, 0.05) is 38.7 Å². The highest BCUT2D eigenvalue weighted by molar-refractivity contribution is 6.18. The van der Waals surface area contributed by atoms with Crippen molar-refractivity contribution < 1.29 is 4.42 Å². The van der Waals surface area contributed by atoms with Crippen molar-refractivity contribution in [1.82, 2.24) is 4.57 Å². The van der Waals surface area contributed by atoms with Crippen LogP contribution in [0.4, 0.5) is 17.1 Å². The summed E-state index contributed by atoms with van der Waals surface area (Å²) in [4.78, 5) is 2.40. The highest BCUT2D eigenvalue weighted by Gasteiger charge is 2.24. The van der Waals surface area contributed by atoms with Gasteiger partial charge in [0.2, 0.25) is 0 Å². The van der Waals surface area contributed by atoms with Crippen LogP contribution in [0.1, 0.15) is 0 Å².